The summed E-state index contributed by atoms with van der Waals surface area (Å²) in [5.41, 5.74) is -7.60. The van der Waals surface area contributed by atoms with Gasteiger partial charge in [0.1, 0.15) is 56.7 Å². The molecule has 7 atom stereocenters. The van der Waals surface area contributed by atoms with Crippen molar-refractivity contribution in [2.75, 3.05) is 0 Å². The van der Waals surface area contributed by atoms with E-state index in [4.69, 9.17) is 0 Å². The van der Waals surface area contributed by atoms with Gasteiger partial charge < -0.3 is 0 Å². The lowest BCUT2D eigenvalue weighted by atomic mass is 9.61. The van der Waals surface area contributed by atoms with Crippen LogP contribution in [0.3, 0.4) is 0 Å². The first-order valence-corrected chi connectivity index (χ1v) is 56.1. The molecule has 133 heavy (non-hydrogen) atoms. The van der Waals surface area contributed by atoms with E-state index in [1.54, 1.807) is 76.2 Å². The van der Waals surface area contributed by atoms with Gasteiger partial charge in [-0.3, -0.25) is 0 Å². The van der Waals surface area contributed by atoms with E-state index in [2.05, 4.69) is 263 Å². The van der Waals surface area contributed by atoms with Gasteiger partial charge in [0.15, 0.2) is 0 Å². The Kier molecular flexibility index (Phi) is 96.4. The highest BCUT2D eigenvalue weighted by atomic mass is 19.2. The third-order valence-electron chi connectivity index (χ3n) is 33.3. The second-order valence-corrected chi connectivity index (χ2v) is 50.0. The summed E-state index contributed by atoms with van der Waals surface area (Å²) >= 11 is 0. The van der Waals surface area contributed by atoms with Gasteiger partial charge in [-0.1, -0.05) is 457 Å². The normalized spacial score (nSPS) is 15.5. The lowest BCUT2D eigenvalue weighted by Gasteiger charge is -2.47. The van der Waals surface area contributed by atoms with E-state index in [0.717, 1.165) is 95.3 Å². The van der Waals surface area contributed by atoms with Crippen LogP contribution in [0.5, 0.6) is 0 Å². The lowest BCUT2D eigenvalue weighted by Crippen LogP contribution is -2.47. The molecule has 0 aromatic heterocycles. The fourth-order valence-corrected chi connectivity index (χ4v) is 17.1. The molecule has 826 valence electrons. The maximum absolute atomic E-state index is 14.4. The van der Waals surface area contributed by atoms with Gasteiger partial charge in [0.25, 0.3) is 0 Å². The van der Waals surface area contributed by atoms with Gasteiger partial charge in [-0.15, -0.1) is 0 Å². The summed E-state index contributed by atoms with van der Waals surface area (Å²) in [6.07, 6.45) is 28.0. The Morgan fingerprint density at radius 1 is 0.195 bits per heavy atom. The van der Waals surface area contributed by atoms with Crippen molar-refractivity contribution >= 4 is 0 Å². The zero-order chi connectivity index (χ0) is 111. The minimum atomic E-state index is -1.06. The van der Waals surface area contributed by atoms with Crippen LogP contribution < -0.4 is 0 Å². The predicted molar refractivity (Wildman–Crippen MR) is 599 cm³/mol. The van der Waals surface area contributed by atoms with Gasteiger partial charge in [0.2, 0.25) is 0 Å². The summed E-state index contributed by atoms with van der Waals surface area (Å²) in [5.74, 6) is 4.12. The van der Waals surface area contributed by atoms with E-state index >= 15 is 0 Å². The third kappa shape index (κ3) is 79.4. The minimum Gasteiger partial charge on any atom is -0.244 e. The summed E-state index contributed by atoms with van der Waals surface area (Å²) in [6.45, 7) is 131. The Morgan fingerprint density at radius 2 is 0.444 bits per heavy atom. The van der Waals surface area contributed by atoms with Gasteiger partial charge in [-0.25, -0.2) is 43.9 Å². The minimum absolute atomic E-state index is 0.136. The largest absolute Gasteiger partial charge is 0.244 e. The standard InChI is InChI=1S/C12H25F.C11H23F.3C10H21F.C10H22.C9H19F.C9H20.C8H17F.2C7H15F.2C7H16.C6H13F/c1-8-11(6,13)12(7,9(2)3)10(4)5;1-6-9-11(5,12)10(4,7-2)8-3;1-7(2)9(8(3)4)10(5,6)11;1-6-9(4,7-2)10(5,11)8-3;1-5-8-10(4,11)9(6-2)7-3;1-7-10(6,8-2)9(3,4)5;1-5-8(6-2)9(4,10)7-3;1-6-8(7-2)9(3,4)5;1-4-6-8(3,9)7-5-2;1-5-7(4,8)6(2)3;1-4-6-7(3,8)5-2;1-6(2)7(3,4)5;1-5-6-7(2,3)4;1-4-6(3,7)5-2/h9-10H,8H2,1-7H3;6-9H2,1-5H3;7-9H,1-6H3;6-8H2,1-5H3;9H,5-8H2,1-4H3;7-8H2,1-6H3;8H,5-7H2,1-4H3;8H,6-7H2,1-5H3;4-7H2,1-3H3;6H,5H2,1-4H3;4-6H2,1-3H3;6H,1-5H3;5-6H2,1-4H3;4-5H2,1-3H3. The van der Waals surface area contributed by atoms with E-state index in [1.807, 2.05) is 104 Å². The second-order valence-electron chi connectivity index (χ2n) is 50.0. The number of hydrogen-bond acceptors (Lipinski definition) is 0. The molecule has 0 aliphatic heterocycles. The quantitative estimate of drug-likeness (QED) is 0.0535. The van der Waals surface area contributed by atoms with Crippen LogP contribution >= 0.6 is 0 Å². The van der Waals surface area contributed by atoms with E-state index < -0.39 is 56.7 Å². The number of halogens is 10. The first-order chi connectivity index (χ1) is 59.2. The molecule has 0 spiro atoms. The van der Waals surface area contributed by atoms with Crippen molar-refractivity contribution in [2.24, 2.45) is 102 Å². The molecule has 0 radical (unpaired) electrons. The maximum atomic E-state index is 14.4. The molecule has 0 aliphatic rings. The fourth-order valence-electron chi connectivity index (χ4n) is 17.1. The van der Waals surface area contributed by atoms with Crippen LogP contribution in [0.25, 0.3) is 0 Å². The Hall–Kier alpha value is -0.700. The van der Waals surface area contributed by atoms with Crippen molar-refractivity contribution in [1.82, 2.24) is 0 Å². The SMILES string of the molecule is CC(C)C(C(C)C)C(C)(C)F.CC(C)C(C)(C)C.CCC(C)(CC)C(C)(C)C.CCC(C)(F)C(C)(C(C)C)C(C)C.CCC(C)(F)C(C)(CC)CC.CCC(C)(F)C(C)C.CCC(C)(F)CC.CCC(CC)C(C)(C)C.CCC(CC)C(C)(F)CC.CCCC(C)(C)C.CCCC(C)(F)C(C)(CC)CC.CCCC(C)(F)C(CC)CC.CCCC(C)(F)CC.CCCC(C)(F)CCC. The van der Waals surface area contributed by atoms with E-state index in [9.17, 15) is 43.9 Å². The topological polar surface area (TPSA) is 0 Å². The molecule has 10 heteroatoms. The molecule has 0 aromatic rings. The van der Waals surface area contributed by atoms with Gasteiger partial charge in [0.05, 0.1) is 0 Å². The molecule has 0 heterocycles. The summed E-state index contributed by atoms with van der Waals surface area (Å²) in [6, 6.07) is 0. The summed E-state index contributed by atoms with van der Waals surface area (Å²) in [5, 5.41) is 0. The monoisotopic (exact) mass is 1930 g/mol. The van der Waals surface area contributed by atoms with Crippen LogP contribution in [0, 0.1) is 102 Å². The molecular weight excluding hydrogens is 1670 g/mol. The van der Waals surface area contributed by atoms with Gasteiger partial charge in [-0.05, 0) is 272 Å². The fraction of sp³-hybridized carbons (Fsp3) is 1.00. The molecule has 0 fully saturated rings. The smallest absolute Gasteiger partial charge is 0.113 e. The molecule has 0 amide bonds. The molecule has 0 aromatic carbocycles. The average Bonchev–Trinajstić information content (AvgIpc) is 0.779. The van der Waals surface area contributed by atoms with Crippen LogP contribution in [0.15, 0.2) is 0 Å². The highest BCUT2D eigenvalue weighted by Gasteiger charge is 2.49. The highest BCUT2D eigenvalue weighted by Crippen LogP contribution is 2.50. The second kappa shape index (κ2) is 78.7. The Bertz CT molecular complexity index is 2390. The summed E-state index contributed by atoms with van der Waals surface area (Å²) in [7, 11) is 0. The molecule has 0 saturated carbocycles. The van der Waals surface area contributed by atoms with Crippen LogP contribution in [0.2, 0.25) is 0 Å². The Balaban J connectivity index is -0.0000000959. The first-order valence-electron chi connectivity index (χ1n) is 56.1. The van der Waals surface area contributed by atoms with Gasteiger partial charge >= 0.3 is 0 Å². The summed E-state index contributed by atoms with van der Waals surface area (Å²) in [4.78, 5) is 0. The van der Waals surface area contributed by atoms with Crippen molar-refractivity contribution in [2.45, 2.75) is 699 Å². The van der Waals surface area contributed by atoms with Gasteiger partial charge in [-0.2, -0.15) is 0 Å². The zero-order valence-corrected chi connectivity index (χ0v) is 104. The molecule has 0 nitrogen and oxygen atoms in total. The van der Waals surface area contributed by atoms with Crippen LogP contribution in [0.4, 0.5) is 43.9 Å². The molecule has 7 unspecified atom stereocenters. The molecule has 0 saturated heterocycles. The van der Waals surface area contributed by atoms with E-state index in [-0.39, 0.29) is 39.9 Å². The average molecular weight is 1930 g/mol. The molecule has 0 bridgehead atoms. The zero-order valence-electron chi connectivity index (χ0n) is 104. The Labute approximate surface area is 840 Å². The number of alkyl halides is 10. The lowest BCUT2D eigenvalue weighted by molar-refractivity contribution is -0.0551. The maximum Gasteiger partial charge on any atom is 0.113 e. The summed E-state index contributed by atoms with van der Waals surface area (Å²) < 4.78 is 135. The molecule has 0 aliphatic carbocycles. The first kappa shape index (κ1) is 163. The predicted octanol–water partition coefficient (Wildman–Crippen LogP) is 48.3. The third-order valence-corrected chi connectivity index (χ3v) is 33.3. The number of hydrogen-bond donors (Lipinski definition) is 0. The van der Waals surface area contributed by atoms with E-state index in [1.165, 1.54) is 38.5 Å². The van der Waals surface area contributed by atoms with Crippen LogP contribution in [-0.2, 0) is 0 Å². The van der Waals surface area contributed by atoms with Crippen molar-refractivity contribution < 1.29 is 43.9 Å². The van der Waals surface area contributed by atoms with Gasteiger partial charge in [0, 0.05) is 16.2 Å². The number of rotatable bonds is 41. The molecular formula is C123H264F10. The van der Waals surface area contributed by atoms with E-state index in [0.29, 0.717) is 128 Å². The van der Waals surface area contributed by atoms with Crippen molar-refractivity contribution in [1.29, 1.82) is 0 Å². The van der Waals surface area contributed by atoms with Crippen molar-refractivity contribution in [3.8, 4) is 0 Å². The molecule has 0 N–H and O–H groups in total. The van der Waals surface area contributed by atoms with Crippen molar-refractivity contribution in [3.05, 3.63) is 0 Å². The molecule has 0 rings (SSSR count). The van der Waals surface area contributed by atoms with Crippen molar-refractivity contribution in [3.63, 3.8) is 0 Å². The highest BCUT2D eigenvalue weighted by molar-refractivity contribution is 4.97. The van der Waals surface area contributed by atoms with Crippen LogP contribution in [0.1, 0.15) is 642 Å². The van der Waals surface area contributed by atoms with Crippen LogP contribution in [-0.4, -0.2) is 56.7 Å². The Morgan fingerprint density at radius 3 is 0.534 bits per heavy atom.